The van der Waals surface area contributed by atoms with Crippen molar-refractivity contribution >= 4 is 33.1 Å². The van der Waals surface area contributed by atoms with E-state index in [1.165, 1.54) is 5.56 Å². The highest BCUT2D eigenvalue weighted by atomic mass is 32.1. The van der Waals surface area contributed by atoms with Gasteiger partial charge in [0.25, 0.3) is 12.3 Å². The van der Waals surface area contributed by atoms with Gasteiger partial charge in [0, 0.05) is 11.1 Å². The number of aryl methyl sites for hydroxylation is 2. The van der Waals surface area contributed by atoms with Crippen molar-refractivity contribution in [3.63, 3.8) is 0 Å². The van der Waals surface area contributed by atoms with E-state index in [2.05, 4.69) is 10.3 Å². The normalized spacial score (nSPS) is 14.4. The lowest BCUT2D eigenvalue weighted by Crippen LogP contribution is -2.28. The maximum Gasteiger partial charge on any atom is 0.263 e. The van der Waals surface area contributed by atoms with E-state index < -0.39 is 18.9 Å². The van der Waals surface area contributed by atoms with Crippen LogP contribution in [0.5, 0.6) is 0 Å². The van der Waals surface area contributed by atoms with E-state index >= 15 is 0 Å². The molecule has 0 aromatic carbocycles. The summed E-state index contributed by atoms with van der Waals surface area (Å²) in [5.41, 5.74) is 8.58. The number of anilines is 1. The highest BCUT2D eigenvalue weighted by molar-refractivity contribution is 7.21. The van der Waals surface area contributed by atoms with Crippen LogP contribution in [0.15, 0.2) is 6.07 Å². The number of thiophene rings is 1. The fourth-order valence-corrected chi connectivity index (χ4v) is 3.59. The smallest absolute Gasteiger partial charge is 0.263 e. The van der Waals surface area contributed by atoms with Crippen LogP contribution in [0.1, 0.15) is 33.8 Å². The number of hydrogen-bond donors (Lipinski definition) is 2. The Morgan fingerprint density at radius 3 is 2.95 bits per heavy atom. The van der Waals surface area contributed by atoms with Gasteiger partial charge in [-0.3, -0.25) is 4.79 Å². The van der Waals surface area contributed by atoms with Crippen molar-refractivity contribution in [2.75, 3.05) is 12.3 Å². The first kappa shape index (κ1) is 14.2. The second kappa shape index (κ2) is 5.55. The Balaban J connectivity index is 1.97. The molecule has 0 fully saturated rings. The molecular formula is C14H15F2N3OS. The fourth-order valence-electron chi connectivity index (χ4n) is 2.58. The van der Waals surface area contributed by atoms with Crippen molar-refractivity contribution in [2.24, 2.45) is 0 Å². The minimum Gasteiger partial charge on any atom is -0.397 e. The number of carbonyl (C=O) groups excluding carboxylic acids is 1. The van der Waals surface area contributed by atoms with E-state index in [0.717, 1.165) is 48.1 Å². The van der Waals surface area contributed by atoms with Gasteiger partial charge in [0.2, 0.25) is 0 Å². The van der Waals surface area contributed by atoms with Crippen molar-refractivity contribution in [2.45, 2.75) is 32.1 Å². The maximum absolute atomic E-state index is 12.2. The molecule has 112 valence electrons. The van der Waals surface area contributed by atoms with Crippen molar-refractivity contribution in [1.29, 1.82) is 0 Å². The summed E-state index contributed by atoms with van der Waals surface area (Å²) in [6.45, 7) is -0.670. The number of rotatable bonds is 3. The summed E-state index contributed by atoms with van der Waals surface area (Å²) in [6, 6.07) is 1.99. The van der Waals surface area contributed by atoms with Gasteiger partial charge in [-0.05, 0) is 37.3 Å². The third kappa shape index (κ3) is 2.70. The quantitative estimate of drug-likeness (QED) is 0.916. The first-order chi connectivity index (χ1) is 10.1. The predicted molar refractivity (Wildman–Crippen MR) is 79.0 cm³/mol. The van der Waals surface area contributed by atoms with E-state index in [4.69, 9.17) is 5.73 Å². The number of amides is 1. The van der Waals surface area contributed by atoms with Gasteiger partial charge in [-0.2, -0.15) is 0 Å². The number of nitrogens with zero attached hydrogens (tertiary/aromatic N) is 1. The highest BCUT2D eigenvalue weighted by Crippen LogP contribution is 2.35. The summed E-state index contributed by atoms with van der Waals surface area (Å²) in [4.78, 5) is 17.5. The van der Waals surface area contributed by atoms with Crippen LogP contribution in [0.25, 0.3) is 10.2 Å². The summed E-state index contributed by atoms with van der Waals surface area (Å²) < 4.78 is 24.3. The van der Waals surface area contributed by atoms with Gasteiger partial charge in [-0.25, -0.2) is 13.8 Å². The van der Waals surface area contributed by atoms with Gasteiger partial charge < -0.3 is 11.1 Å². The second-order valence-corrected chi connectivity index (χ2v) is 6.10. The van der Waals surface area contributed by atoms with E-state index in [1.807, 2.05) is 6.07 Å². The van der Waals surface area contributed by atoms with Crippen LogP contribution in [0.2, 0.25) is 0 Å². The number of carbonyl (C=O) groups is 1. The van der Waals surface area contributed by atoms with Crippen LogP contribution in [0.3, 0.4) is 0 Å². The first-order valence-corrected chi connectivity index (χ1v) is 7.65. The molecule has 2 aromatic rings. The first-order valence-electron chi connectivity index (χ1n) is 6.83. The van der Waals surface area contributed by atoms with Gasteiger partial charge in [0.1, 0.15) is 9.71 Å². The molecule has 0 saturated heterocycles. The van der Waals surface area contributed by atoms with E-state index in [1.54, 1.807) is 0 Å². The summed E-state index contributed by atoms with van der Waals surface area (Å²) in [7, 11) is 0. The number of alkyl halides is 2. The molecule has 0 spiro atoms. The van der Waals surface area contributed by atoms with Crippen LogP contribution < -0.4 is 11.1 Å². The van der Waals surface area contributed by atoms with Gasteiger partial charge in [-0.15, -0.1) is 11.3 Å². The Morgan fingerprint density at radius 1 is 1.43 bits per heavy atom. The minimum absolute atomic E-state index is 0.264. The van der Waals surface area contributed by atoms with Crippen LogP contribution in [-0.2, 0) is 12.8 Å². The molecule has 21 heavy (non-hydrogen) atoms. The lowest BCUT2D eigenvalue weighted by atomic mass is 9.95. The third-order valence-electron chi connectivity index (χ3n) is 3.62. The van der Waals surface area contributed by atoms with E-state index in [-0.39, 0.29) is 4.88 Å². The molecule has 0 aliphatic heterocycles. The van der Waals surface area contributed by atoms with E-state index in [9.17, 15) is 13.6 Å². The zero-order valence-corrected chi connectivity index (χ0v) is 12.1. The van der Waals surface area contributed by atoms with Crippen LogP contribution in [0, 0.1) is 0 Å². The number of nitrogens with one attached hydrogen (secondary N) is 1. The molecule has 3 rings (SSSR count). The molecule has 1 amide bonds. The monoisotopic (exact) mass is 311 g/mol. The molecule has 0 radical (unpaired) electrons. The maximum atomic E-state index is 12.2. The Bertz CT molecular complexity index is 699. The average Bonchev–Trinajstić information content (AvgIpc) is 2.79. The summed E-state index contributed by atoms with van der Waals surface area (Å²) >= 11 is 1.16. The number of halogens is 2. The average molecular weight is 311 g/mol. The molecule has 2 aromatic heterocycles. The molecule has 7 heteroatoms. The van der Waals surface area contributed by atoms with Crippen LogP contribution in [0.4, 0.5) is 14.5 Å². The fraction of sp³-hybridized carbons (Fsp3) is 0.429. The Labute approximate surface area is 124 Å². The molecule has 2 heterocycles. The number of hydrogen-bond acceptors (Lipinski definition) is 4. The summed E-state index contributed by atoms with van der Waals surface area (Å²) in [6.07, 6.45) is 1.59. The number of nitrogen functional groups attached to an aromatic ring is 1. The Hall–Kier alpha value is -1.76. The van der Waals surface area contributed by atoms with Crippen molar-refractivity contribution < 1.29 is 13.6 Å². The molecule has 0 unspecified atom stereocenters. The van der Waals surface area contributed by atoms with Crippen LogP contribution in [-0.4, -0.2) is 23.9 Å². The second-order valence-electron chi connectivity index (χ2n) is 5.10. The molecule has 0 saturated carbocycles. The molecule has 1 aliphatic carbocycles. The number of aromatic nitrogens is 1. The molecule has 0 bridgehead atoms. The standard InChI is InChI=1S/C14H15F2N3OS/c15-10(16)6-18-13(20)12-11(17)8-5-7-3-1-2-4-9(7)19-14(8)21-12/h5,10H,1-4,6,17H2,(H,18,20). The minimum atomic E-state index is -2.57. The van der Waals surface area contributed by atoms with Crippen molar-refractivity contribution in [3.05, 3.63) is 22.2 Å². The molecule has 3 N–H and O–H groups in total. The van der Waals surface area contributed by atoms with Gasteiger partial charge in [0.05, 0.1) is 12.2 Å². The Kier molecular flexibility index (Phi) is 3.75. The zero-order chi connectivity index (χ0) is 15.0. The molecule has 4 nitrogen and oxygen atoms in total. The predicted octanol–water partition coefficient (Wildman–Crippen LogP) is 2.75. The third-order valence-corrected chi connectivity index (χ3v) is 4.74. The lowest BCUT2D eigenvalue weighted by Gasteiger charge is -2.14. The van der Waals surface area contributed by atoms with Gasteiger partial charge in [-0.1, -0.05) is 0 Å². The largest absolute Gasteiger partial charge is 0.397 e. The topological polar surface area (TPSA) is 68.0 Å². The van der Waals surface area contributed by atoms with E-state index in [0.29, 0.717) is 10.5 Å². The number of pyridine rings is 1. The van der Waals surface area contributed by atoms with Gasteiger partial charge >= 0.3 is 0 Å². The number of fused-ring (bicyclic) bond motifs is 2. The lowest BCUT2D eigenvalue weighted by molar-refractivity contribution is 0.0896. The van der Waals surface area contributed by atoms with Crippen LogP contribution >= 0.6 is 11.3 Å². The van der Waals surface area contributed by atoms with Crippen molar-refractivity contribution in [1.82, 2.24) is 10.3 Å². The molecular weight excluding hydrogens is 296 g/mol. The van der Waals surface area contributed by atoms with Crippen molar-refractivity contribution in [3.8, 4) is 0 Å². The molecule has 1 aliphatic rings. The SMILES string of the molecule is Nc1c(C(=O)NCC(F)F)sc2nc3c(cc12)CCCC3. The Morgan fingerprint density at radius 2 is 2.19 bits per heavy atom. The zero-order valence-electron chi connectivity index (χ0n) is 11.3. The number of nitrogens with two attached hydrogens (primary N) is 1. The summed E-state index contributed by atoms with van der Waals surface area (Å²) in [5.74, 6) is -0.561. The summed E-state index contributed by atoms with van der Waals surface area (Å²) in [5, 5.41) is 2.94. The molecule has 0 atom stereocenters. The van der Waals surface area contributed by atoms with Gasteiger partial charge in [0.15, 0.2) is 0 Å². The highest BCUT2D eigenvalue weighted by Gasteiger charge is 2.20.